The Kier molecular flexibility index (Phi) is 2.77. The first kappa shape index (κ1) is 10.9. The average molecular weight is 243 g/mol. The number of hydrogen-bond donors (Lipinski definition) is 1. The van der Waals surface area contributed by atoms with Crippen LogP contribution in [0, 0.1) is 0 Å². The molecule has 0 fully saturated rings. The number of nitrogens with one attached hydrogen (secondary N) is 1. The summed E-state index contributed by atoms with van der Waals surface area (Å²) in [6.07, 6.45) is 0. The first-order chi connectivity index (χ1) is 8.86. The summed E-state index contributed by atoms with van der Waals surface area (Å²) in [6.45, 7) is 1.23. The third kappa shape index (κ3) is 1.98. The number of nitrogens with zero attached hydrogens (tertiary/aromatic N) is 4. The highest BCUT2D eigenvalue weighted by Gasteiger charge is 2.08. The van der Waals surface area contributed by atoms with Crippen molar-refractivity contribution in [1.82, 2.24) is 25.5 Å². The lowest BCUT2D eigenvalue weighted by Crippen LogP contribution is -2.05. The summed E-state index contributed by atoms with van der Waals surface area (Å²) in [6, 6.07) is 9.76. The Bertz CT molecular complexity index is 657. The predicted octanol–water partition coefficient (Wildman–Crippen LogP) is 1.19. The standard InChI is InChI=1S/C12H13N5O/c1-13-7-9-6-10(18-15-9)8-17-12-5-3-2-4-11(12)14-16-17/h2-6,13H,7-8H2,1H3. The molecule has 6 heteroatoms. The molecule has 1 aromatic carbocycles. The lowest BCUT2D eigenvalue weighted by Gasteiger charge is -1.97. The summed E-state index contributed by atoms with van der Waals surface area (Å²) in [5.74, 6) is 0.774. The van der Waals surface area contributed by atoms with E-state index in [4.69, 9.17) is 4.52 Å². The second kappa shape index (κ2) is 4.58. The van der Waals surface area contributed by atoms with Crippen molar-refractivity contribution in [3.63, 3.8) is 0 Å². The van der Waals surface area contributed by atoms with Crippen LogP contribution in [0.3, 0.4) is 0 Å². The van der Waals surface area contributed by atoms with Gasteiger partial charge in [0.05, 0.1) is 11.2 Å². The predicted molar refractivity (Wildman–Crippen MR) is 65.9 cm³/mol. The zero-order chi connectivity index (χ0) is 12.4. The maximum absolute atomic E-state index is 5.26. The molecule has 0 aliphatic rings. The van der Waals surface area contributed by atoms with Gasteiger partial charge in [-0.2, -0.15) is 0 Å². The van der Waals surface area contributed by atoms with Crippen molar-refractivity contribution >= 4 is 11.0 Å². The van der Waals surface area contributed by atoms with Crippen LogP contribution in [0.4, 0.5) is 0 Å². The first-order valence-corrected chi connectivity index (χ1v) is 5.74. The Morgan fingerprint density at radius 2 is 2.22 bits per heavy atom. The number of aromatic nitrogens is 4. The fourth-order valence-corrected chi connectivity index (χ4v) is 1.88. The summed E-state index contributed by atoms with van der Waals surface area (Å²) in [5.41, 5.74) is 2.76. The Morgan fingerprint density at radius 1 is 1.33 bits per heavy atom. The lowest BCUT2D eigenvalue weighted by molar-refractivity contribution is 0.365. The van der Waals surface area contributed by atoms with E-state index in [1.54, 1.807) is 4.68 Å². The van der Waals surface area contributed by atoms with Gasteiger partial charge in [0.2, 0.25) is 0 Å². The molecule has 0 radical (unpaired) electrons. The van der Waals surface area contributed by atoms with E-state index in [1.807, 2.05) is 37.4 Å². The smallest absolute Gasteiger partial charge is 0.158 e. The van der Waals surface area contributed by atoms with Gasteiger partial charge in [-0.25, -0.2) is 4.68 Å². The highest BCUT2D eigenvalue weighted by Crippen LogP contribution is 2.12. The summed E-state index contributed by atoms with van der Waals surface area (Å²) < 4.78 is 7.07. The normalized spacial score (nSPS) is 11.2. The third-order valence-corrected chi connectivity index (χ3v) is 2.69. The van der Waals surface area contributed by atoms with Gasteiger partial charge in [0.15, 0.2) is 5.76 Å². The Labute approximate surface area is 104 Å². The number of benzene rings is 1. The molecule has 6 nitrogen and oxygen atoms in total. The lowest BCUT2D eigenvalue weighted by atomic mass is 10.3. The van der Waals surface area contributed by atoms with Crippen LogP contribution in [0.5, 0.6) is 0 Å². The molecule has 2 heterocycles. The molecule has 0 aliphatic carbocycles. The van der Waals surface area contributed by atoms with E-state index >= 15 is 0 Å². The highest BCUT2D eigenvalue weighted by molar-refractivity contribution is 5.73. The van der Waals surface area contributed by atoms with Crippen molar-refractivity contribution < 1.29 is 4.52 Å². The molecule has 0 unspecified atom stereocenters. The second-order valence-corrected chi connectivity index (χ2v) is 4.05. The number of hydrogen-bond acceptors (Lipinski definition) is 5. The Balaban J connectivity index is 1.87. The van der Waals surface area contributed by atoms with Crippen LogP contribution in [-0.4, -0.2) is 27.2 Å². The molecule has 0 amide bonds. The van der Waals surface area contributed by atoms with Crippen molar-refractivity contribution in [3.8, 4) is 0 Å². The van der Waals surface area contributed by atoms with Gasteiger partial charge in [-0.15, -0.1) is 5.10 Å². The maximum Gasteiger partial charge on any atom is 0.158 e. The fraction of sp³-hybridized carbons (Fsp3) is 0.250. The zero-order valence-corrected chi connectivity index (χ0v) is 10.00. The molecule has 0 bridgehead atoms. The van der Waals surface area contributed by atoms with Gasteiger partial charge in [-0.05, 0) is 19.2 Å². The van der Waals surface area contributed by atoms with Gasteiger partial charge in [-0.1, -0.05) is 22.5 Å². The van der Waals surface area contributed by atoms with Crippen LogP contribution in [0.15, 0.2) is 34.9 Å². The average Bonchev–Trinajstić information content (AvgIpc) is 2.99. The molecule has 0 saturated heterocycles. The molecular formula is C12H13N5O. The maximum atomic E-state index is 5.26. The molecule has 3 rings (SSSR count). The minimum Gasteiger partial charge on any atom is -0.359 e. The highest BCUT2D eigenvalue weighted by atomic mass is 16.5. The molecule has 0 saturated carbocycles. The van der Waals surface area contributed by atoms with Gasteiger partial charge >= 0.3 is 0 Å². The topological polar surface area (TPSA) is 68.8 Å². The monoisotopic (exact) mass is 243 g/mol. The van der Waals surface area contributed by atoms with Crippen LogP contribution >= 0.6 is 0 Å². The summed E-state index contributed by atoms with van der Waals surface area (Å²) in [5, 5.41) is 15.2. The largest absolute Gasteiger partial charge is 0.359 e. The van der Waals surface area contributed by atoms with Gasteiger partial charge in [-0.3, -0.25) is 0 Å². The Hall–Kier alpha value is -2.21. The van der Waals surface area contributed by atoms with Gasteiger partial charge < -0.3 is 9.84 Å². The van der Waals surface area contributed by atoms with Crippen LogP contribution in [0.1, 0.15) is 11.5 Å². The molecule has 18 heavy (non-hydrogen) atoms. The number of rotatable bonds is 4. The number of fused-ring (bicyclic) bond motifs is 1. The van der Waals surface area contributed by atoms with Crippen molar-refractivity contribution in [1.29, 1.82) is 0 Å². The van der Waals surface area contributed by atoms with Gasteiger partial charge in [0, 0.05) is 12.6 Å². The van der Waals surface area contributed by atoms with E-state index < -0.39 is 0 Å². The first-order valence-electron chi connectivity index (χ1n) is 5.74. The van der Waals surface area contributed by atoms with Crippen LogP contribution in [0.2, 0.25) is 0 Å². The third-order valence-electron chi connectivity index (χ3n) is 2.69. The number of para-hydroxylation sites is 1. The SMILES string of the molecule is CNCc1cc(Cn2nnc3ccccc32)on1. The quantitative estimate of drug-likeness (QED) is 0.745. The van der Waals surface area contributed by atoms with Gasteiger partial charge in [0.1, 0.15) is 12.1 Å². The molecule has 3 aromatic rings. The summed E-state index contributed by atoms with van der Waals surface area (Å²) in [4.78, 5) is 0. The fourth-order valence-electron chi connectivity index (χ4n) is 1.88. The van der Waals surface area contributed by atoms with E-state index in [0.29, 0.717) is 13.1 Å². The van der Waals surface area contributed by atoms with Crippen molar-refractivity contribution in [2.45, 2.75) is 13.1 Å². The van der Waals surface area contributed by atoms with E-state index in [2.05, 4.69) is 20.8 Å². The summed E-state index contributed by atoms with van der Waals surface area (Å²) in [7, 11) is 1.87. The molecular weight excluding hydrogens is 230 g/mol. The molecule has 2 aromatic heterocycles. The van der Waals surface area contributed by atoms with Crippen LogP contribution in [-0.2, 0) is 13.1 Å². The van der Waals surface area contributed by atoms with Crippen molar-refractivity contribution in [3.05, 3.63) is 41.8 Å². The molecule has 0 aliphatic heterocycles. The minimum atomic E-state index is 0.539. The van der Waals surface area contributed by atoms with Crippen molar-refractivity contribution in [2.24, 2.45) is 0 Å². The van der Waals surface area contributed by atoms with E-state index in [9.17, 15) is 0 Å². The van der Waals surface area contributed by atoms with E-state index in [0.717, 1.165) is 22.5 Å². The summed E-state index contributed by atoms with van der Waals surface area (Å²) >= 11 is 0. The van der Waals surface area contributed by atoms with Crippen LogP contribution in [0.25, 0.3) is 11.0 Å². The van der Waals surface area contributed by atoms with Crippen molar-refractivity contribution in [2.75, 3.05) is 7.05 Å². The van der Waals surface area contributed by atoms with E-state index in [1.165, 1.54) is 0 Å². The molecule has 92 valence electrons. The van der Waals surface area contributed by atoms with E-state index in [-0.39, 0.29) is 0 Å². The molecule has 0 atom stereocenters. The molecule has 0 spiro atoms. The molecule has 1 N–H and O–H groups in total. The van der Waals surface area contributed by atoms with Gasteiger partial charge in [0.25, 0.3) is 0 Å². The van der Waals surface area contributed by atoms with Crippen LogP contribution < -0.4 is 5.32 Å². The Morgan fingerprint density at radius 3 is 3.11 bits per heavy atom. The second-order valence-electron chi connectivity index (χ2n) is 4.05. The zero-order valence-electron chi connectivity index (χ0n) is 10.00. The minimum absolute atomic E-state index is 0.539.